The lowest BCUT2D eigenvalue weighted by Crippen LogP contribution is -2.37. The fraction of sp³-hybridized carbons (Fsp3) is 0.367. The van der Waals surface area contributed by atoms with Crippen LogP contribution in [0.15, 0.2) is 66.3 Å². The number of nitrogens with one attached hydrogen (secondary N) is 2. The van der Waals surface area contributed by atoms with Gasteiger partial charge in [0.2, 0.25) is 6.41 Å². The van der Waals surface area contributed by atoms with Crippen molar-refractivity contribution >= 4 is 23.2 Å². The van der Waals surface area contributed by atoms with Crippen molar-refractivity contribution in [1.82, 2.24) is 20.4 Å². The maximum atomic E-state index is 13.3. The van der Waals surface area contributed by atoms with E-state index in [1.54, 1.807) is 4.90 Å². The molecule has 1 aromatic heterocycles. The molecule has 0 radical (unpaired) electrons. The minimum absolute atomic E-state index is 0.0337. The molecule has 0 bridgehead atoms. The number of benzene rings is 2. The molecule has 1 unspecified atom stereocenters. The number of carbonyl (C=O) groups is 2. The van der Waals surface area contributed by atoms with Gasteiger partial charge in [0.05, 0.1) is 17.3 Å². The van der Waals surface area contributed by atoms with Crippen molar-refractivity contribution in [2.75, 3.05) is 13.1 Å². The average molecular weight is 499 g/mol. The maximum Gasteiger partial charge on any atom is 0.251 e. The highest BCUT2D eigenvalue weighted by Crippen LogP contribution is 2.36. The summed E-state index contributed by atoms with van der Waals surface area (Å²) < 4.78 is 6.13. The smallest absolute Gasteiger partial charge is 0.251 e. The molecule has 1 atom stereocenters. The molecule has 0 spiro atoms. The number of allylic oxidation sites excluding steroid dienone is 2. The number of fused-ring (bicyclic) bond motifs is 1. The Morgan fingerprint density at radius 1 is 1.11 bits per heavy atom. The zero-order valence-corrected chi connectivity index (χ0v) is 21.4. The van der Waals surface area contributed by atoms with Crippen molar-refractivity contribution in [2.45, 2.75) is 51.7 Å². The summed E-state index contributed by atoms with van der Waals surface area (Å²) in [5.41, 5.74) is 4.42. The number of aromatic amines is 1. The van der Waals surface area contributed by atoms with E-state index in [-0.39, 0.29) is 18.1 Å². The van der Waals surface area contributed by atoms with E-state index in [0.29, 0.717) is 11.5 Å². The Labute approximate surface area is 217 Å². The quantitative estimate of drug-likeness (QED) is 0.311. The number of rotatable bonds is 9. The van der Waals surface area contributed by atoms with Crippen LogP contribution >= 0.6 is 0 Å². The van der Waals surface area contributed by atoms with Gasteiger partial charge in [-0.1, -0.05) is 18.2 Å². The van der Waals surface area contributed by atoms with E-state index in [2.05, 4.69) is 27.7 Å². The summed E-state index contributed by atoms with van der Waals surface area (Å²) in [6.07, 6.45) is 11.2. The third kappa shape index (κ3) is 5.61. The number of carbonyl (C=O) groups excluding carboxylic acids is 2. The van der Waals surface area contributed by atoms with Crippen molar-refractivity contribution in [1.29, 1.82) is 0 Å². The van der Waals surface area contributed by atoms with Gasteiger partial charge in [0.25, 0.3) is 5.91 Å². The zero-order valence-electron chi connectivity index (χ0n) is 21.4. The highest BCUT2D eigenvalue weighted by Gasteiger charge is 2.34. The third-order valence-corrected chi connectivity index (χ3v) is 7.31. The summed E-state index contributed by atoms with van der Waals surface area (Å²) in [6, 6.07) is 13.6. The number of piperidine rings is 1. The standard InChI is InChI=1S/C30H34N4O3/c1-3-5-20(4-2)28(21-6-7-21)31-30(36)23-10-13-27-26(18-23)29(33-32-27)22-8-11-24(12-9-22)37-25-14-16-34(19-35)17-15-25/h3-5,8-13,18-19,21,25,28H,6-7,14-17H2,1-2H3,(H,31,36)(H,32,33)/b5-3-,20-4+. The maximum absolute atomic E-state index is 13.3. The predicted octanol–water partition coefficient (Wildman–Crippen LogP) is 5.26. The molecule has 192 valence electrons. The molecule has 2 aliphatic rings. The molecule has 37 heavy (non-hydrogen) atoms. The summed E-state index contributed by atoms with van der Waals surface area (Å²) in [5.74, 6) is 1.23. The lowest BCUT2D eigenvalue weighted by atomic mass is 10.0. The molecule has 2 aromatic carbocycles. The average Bonchev–Trinajstić information content (AvgIpc) is 3.69. The van der Waals surface area contributed by atoms with E-state index in [1.807, 2.05) is 62.4 Å². The molecule has 1 aliphatic heterocycles. The van der Waals surface area contributed by atoms with Crippen LogP contribution in [0.4, 0.5) is 0 Å². The normalized spacial score (nSPS) is 17.8. The van der Waals surface area contributed by atoms with Gasteiger partial charge < -0.3 is 15.0 Å². The van der Waals surface area contributed by atoms with Crippen LogP contribution in [0.3, 0.4) is 0 Å². The van der Waals surface area contributed by atoms with Crippen molar-refractivity contribution in [2.24, 2.45) is 5.92 Å². The molecule has 1 saturated heterocycles. The number of ether oxygens (including phenoxy) is 1. The lowest BCUT2D eigenvalue weighted by molar-refractivity contribution is -0.119. The van der Waals surface area contributed by atoms with E-state index in [4.69, 9.17) is 4.74 Å². The number of aromatic nitrogens is 2. The van der Waals surface area contributed by atoms with Gasteiger partial charge in [-0.05, 0) is 80.6 Å². The summed E-state index contributed by atoms with van der Waals surface area (Å²) in [7, 11) is 0. The summed E-state index contributed by atoms with van der Waals surface area (Å²) in [5, 5.41) is 11.8. The number of hydrogen-bond acceptors (Lipinski definition) is 4. The highest BCUT2D eigenvalue weighted by molar-refractivity contribution is 6.01. The molecule has 2 heterocycles. The SMILES string of the molecule is C/C=C\C(=C/C)C(NC(=O)c1ccc2[nH]nc(-c3ccc(OC4CCN(C=O)CC4)cc3)c2c1)C1CC1. The Bertz CT molecular complexity index is 1310. The fourth-order valence-corrected chi connectivity index (χ4v) is 5.06. The highest BCUT2D eigenvalue weighted by atomic mass is 16.5. The van der Waals surface area contributed by atoms with Gasteiger partial charge in [0.1, 0.15) is 11.9 Å². The Morgan fingerprint density at radius 3 is 2.51 bits per heavy atom. The molecule has 2 fully saturated rings. The van der Waals surface area contributed by atoms with Gasteiger partial charge in [-0.2, -0.15) is 5.10 Å². The van der Waals surface area contributed by atoms with Crippen LogP contribution in [0.1, 0.15) is 49.9 Å². The van der Waals surface area contributed by atoms with Crippen LogP contribution in [-0.2, 0) is 4.79 Å². The zero-order chi connectivity index (χ0) is 25.8. The Morgan fingerprint density at radius 2 is 1.86 bits per heavy atom. The first-order valence-electron chi connectivity index (χ1n) is 13.1. The Balaban J connectivity index is 1.31. The second-order valence-corrected chi connectivity index (χ2v) is 9.89. The van der Waals surface area contributed by atoms with Crippen LogP contribution in [0.2, 0.25) is 0 Å². The number of hydrogen-bond donors (Lipinski definition) is 2. The Hall–Kier alpha value is -3.87. The fourth-order valence-electron chi connectivity index (χ4n) is 5.06. The van der Waals surface area contributed by atoms with Gasteiger partial charge >= 0.3 is 0 Å². The first kappa shape index (κ1) is 24.8. The summed E-state index contributed by atoms with van der Waals surface area (Å²) in [4.78, 5) is 26.0. The van der Waals surface area contributed by atoms with Gasteiger partial charge in [0, 0.05) is 42.4 Å². The molecule has 1 aliphatic carbocycles. The van der Waals surface area contributed by atoms with Crippen LogP contribution < -0.4 is 10.1 Å². The van der Waals surface area contributed by atoms with Crippen LogP contribution in [-0.4, -0.2) is 52.6 Å². The van der Waals surface area contributed by atoms with E-state index in [9.17, 15) is 9.59 Å². The minimum atomic E-state index is -0.0702. The van der Waals surface area contributed by atoms with Crippen molar-refractivity contribution in [3.8, 4) is 17.0 Å². The monoisotopic (exact) mass is 498 g/mol. The van der Waals surface area contributed by atoms with Crippen LogP contribution in [0, 0.1) is 5.92 Å². The van der Waals surface area contributed by atoms with Crippen molar-refractivity contribution in [3.63, 3.8) is 0 Å². The van der Waals surface area contributed by atoms with E-state index < -0.39 is 0 Å². The molecule has 2 N–H and O–H groups in total. The molecule has 2 amide bonds. The molecule has 7 heteroatoms. The summed E-state index contributed by atoms with van der Waals surface area (Å²) >= 11 is 0. The van der Waals surface area contributed by atoms with Crippen molar-refractivity contribution in [3.05, 3.63) is 71.8 Å². The number of amides is 2. The second-order valence-electron chi connectivity index (χ2n) is 9.89. The molecular formula is C30H34N4O3. The Kier molecular flexibility index (Phi) is 7.40. The number of nitrogens with zero attached hydrogens (tertiary/aromatic N) is 2. The first-order valence-corrected chi connectivity index (χ1v) is 13.1. The molecular weight excluding hydrogens is 464 g/mol. The topological polar surface area (TPSA) is 87.3 Å². The number of H-pyrrole nitrogens is 1. The van der Waals surface area contributed by atoms with Crippen molar-refractivity contribution < 1.29 is 14.3 Å². The first-order chi connectivity index (χ1) is 18.1. The van der Waals surface area contributed by atoms with E-state index in [1.165, 1.54) is 0 Å². The molecule has 1 saturated carbocycles. The lowest BCUT2D eigenvalue weighted by Gasteiger charge is -2.29. The predicted molar refractivity (Wildman–Crippen MR) is 145 cm³/mol. The van der Waals surface area contributed by atoms with Crippen LogP contribution in [0.5, 0.6) is 5.75 Å². The largest absolute Gasteiger partial charge is 0.490 e. The minimum Gasteiger partial charge on any atom is -0.490 e. The van der Waals surface area contributed by atoms with Crippen LogP contribution in [0.25, 0.3) is 22.2 Å². The van der Waals surface area contributed by atoms with Gasteiger partial charge in [0.15, 0.2) is 0 Å². The summed E-state index contributed by atoms with van der Waals surface area (Å²) in [6.45, 7) is 5.48. The van der Waals surface area contributed by atoms with E-state index in [0.717, 1.165) is 78.7 Å². The van der Waals surface area contributed by atoms with E-state index >= 15 is 0 Å². The molecule has 3 aromatic rings. The molecule has 7 nitrogen and oxygen atoms in total. The molecule has 5 rings (SSSR count). The van der Waals surface area contributed by atoms with Gasteiger partial charge in [-0.15, -0.1) is 0 Å². The number of likely N-dealkylation sites (tertiary alicyclic amines) is 1. The van der Waals surface area contributed by atoms with Gasteiger partial charge in [-0.3, -0.25) is 14.7 Å². The van der Waals surface area contributed by atoms with Gasteiger partial charge in [-0.25, -0.2) is 0 Å². The second kappa shape index (κ2) is 11.0. The third-order valence-electron chi connectivity index (χ3n) is 7.31.